The van der Waals surface area contributed by atoms with Gasteiger partial charge in [0.25, 0.3) is 0 Å². The molecule has 2 atom stereocenters. The molecule has 1 aromatic rings. The molecule has 3 rings (SSSR count). The van der Waals surface area contributed by atoms with Gasteiger partial charge in [0.05, 0.1) is 0 Å². The van der Waals surface area contributed by atoms with Crippen molar-refractivity contribution in [2.24, 2.45) is 11.7 Å². The molecule has 0 saturated carbocycles. The van der Waals surface area contributed by atoms with Crippen LogP contribution in [0, 0.1) is 5.92 Å². The number of ether oxygens (including phenoxy) is 2. The number of fused-ring (bicyclic) bond motifs is 1. The molecule has 1 saturated heterocycles. The van der Waals surface area contributed by atoms with Crippen LogP contribution in [0.15, 0.2) is 18.2 Å². The predicted octanol–water partition coefficient (Wildman–Crippen LogP) is 1.11. The minimum atomic E-state index is 0.515. The number of hydrogen-bond acceptors (Lipinski definition) is 4. The van der Waals surface area contributed by atoms with Crippen LogP contribution in [0.2, 0.25) is 0 Å². The Bertz CT molecular complexity index is 422. The summed E-state index contributed by atoms with van der Waals surface area (Å²) >= 11 is 0. The van der Waals surface area contributed by atoms with E-state index in [1.54, 1.807) is 0 Å². The molecule has 0 spiro atoms. The zero-order chi connectivity index (χ0) is 12.4. The Morgan fingerprint density at radius 3 is 2.89 bits per heavy atom. The maximum absolute atomic E-state index is 5.87. The van der Waals surface area contributed by atoms with Gasteiger partial charge in [0.15, 0.2) is 11.5 Å². The molecule has 0 radical (unpaired) electrons. The highest BCUT2D eigenvalue weighted by Crippen LogP contribution is 2.37. The third-order valence-electron chi connectivity index (χ3n) is 3.90. The summed E-state index contributed by atoms with van der Waals surface area (Å²) in [7, 11) is 0. The second kappa shape index (κ2) is 5.16. The lowest BCUT2D eigenvalue weighted by molar-refractivity contribution is 0.171. The average molecular weight is 248 g/mol. The molecule has 18 heavy (non-hydrogen) atoms. The van der Waals surface area contributed by atoms with E-state index in [9.17, 15) is 0 Å². The number of hydrogen-bond donors (Lipinski definition) is 2. The Kier molecular flexibility index (Phi) is 3.39. The number of benzene rings is 1. The van der Waals surface area contributed by atoms with Gasteiger partial charge in [-0.1, -0.05) is 6.07 Å². The lowest BCUT2D eigenvalue weighted by Gasteiger charge is -2.32. The third-order valence-corrected chi connectivity index (χ3v) is 3.90. The van der Waals surface area contributed by atoms with E-state index in [2.05, 4.69) is 17.4 Å². The van der Waals surface area contributed by atoms with Crippen LogP contribution in [0.3, 0.4) is 0 Å². The topological polar surface area (TPSA) is 56.5 Å². The van der Waals surface area contributed by atoms with Gasteiger partial charge >= 0.3 is 0 Å². The first-order valence-corrected chi connectivity index (χ1v) is 6.69. The van der Waals surface area contributed by atoms with Gasteiger partial charge in [-0.05, 0) is 55.6 Å². The quantitative estimate of drug-likeness (QED) is 0.823. The van der Waals surface area contributed by atoms with Crippen LogP contribution in [-0.4, -0.2) is 32.8 Å². The summed E-state index contributed by atoms with van der Waals surface area (Å²) in [5.41, 5.74) is 7.20. The van der Waals surface area contributed by atoms with Crippen molar-refractivity contribution in [2.75, 3.05) is 32.8 Å². The van der Waals surface area contributed by atoms with Gasteiger partial charge in [0, 0.05) is 0 Å². The fourth-order valence-corrected chi connectivity index (χ4v) is 2.90. The fourth-order valence-electron chi connectivity index (χ4n) is 2.90. The summed E-state index contributed by atoms with van der Waals surface area (Å²) in [4.78, 5) is 0. The van der Waals surface area contributed by atoms with Crippen molar-refractivity contribution in [3.05, 3.63) is 23.8 Å². The van der Waals surface area contributed by atoms with Crippen LogP contribution >= 0.6 is 0 Å². The lowest BCUT2D eigenvalue weighted by Crippen LogP contribution is -2.39. The molecule has 0 bridgehead atoms. The largest absolute Gasteiger partial charge is 0.486 e. The zero-order valence-corrected chi connectivity index (χ0v) is 10.5. The first kappa shape index (κ1) is 11.8. The van der Waals surface area contributed by atoms with E-state index in [4.69, 9.17) is 15.2 Å². The van der Waals surface area contributed by atoms with Gasteiger partial charge in [-0.15, -0.1) is 0 Å². The summed E-state index contributed by atoms with van der Waals surface area (Å²) in [6.07, 6.45) is 1.14. The molecule has 4 heteroatoms. The standard InChI is InChI=1S/C14H20N2O2/c15-8-11-9-16-4-3-12(11)10-1-2-13-14(7-10)18-6-5-17-13/h1-2,7,11-12,16H,3-6,8-9,15H2. The van der Waals surface area contributed by atoms with Gasteiger partial charge in [-0.25, -0.2) is 0 Å². The van der Waals surface area contributed by atoms with Crippen molar-refractivity contribution >= 4 is 0 Å². The molecule has 1 aromatic carbocycles. The molecule has 3 N–H and O–H groups in total. The minimum Gasteiger partial charge on any atom is -0.486 e. The Labute approximate surface area is 107 Å². The van der Waals surface area contributed by atoms with Crippen LogP contribution in [-0.2, 0) is 0 Å². The smallest absolute Gasteiger partial charge is 0.161 e. The SMILES string of the molecule is NCC1CNCCC1c1ccc2c(c1)OCCO2. The van der Waals surface area contributed by atoms with Crippen LogP contribution in [0.25, 0.3) is 0 Å². The van der Waals surface area contributed by atoms with Gasteiger partial charge < -0.3 is 20.5 Å². The number of nitrogens with one attached hydrogen (secondary N) is 1. The second-order valence-electron chi connectivity index (χ2n) is 5.00. The summed E-state index contributed by atoms with van der Waals surface area (Å²) in [6, 6.07) is 6.32. The van der Waals surface area contributed by atoms with Gasteiger partial charge in [0.2, 0.25) is 0 Å². The molecule has 2 unspecified atom stereocenters. The van der Waals surface area contributed by atoms with Crippen molar-refractivity contribution < 1.29 is 9.47 Å². The highest BCUT2D eigenvalue weighted by molar-refractivity contribution is 5.45. The molecule has 4 nitrogen and oxygen atoms in total. The molecule has 98 valence electrons. The Morgan fingerprint density at radius 1 is 1.22 bits per heavy atom. The van der Waals surface area contributed by atoms with E-state index >= 15 is 0 Å². The fraction of sp³-hybridized carbons (Fsp3) is 0.571. The molecular formula is C14H20N2O2. The van der Waals surface area contributed by atoms with E-state index in [0.29, 0.717) is 25.0 Å². The molecule has 0 aromatic heterocycles. The lowest BCUT2D eigenvalue weighted by atomic mass is 9.81. The Balaban J connectivity index is 1.86. The van der Waals surface area contributed by atoms with E-state index in [0.717, 1.165) is 37.6 Å². The molecule has 1 fully saturated rings. The molecular weight excluding hydrogens is 228 g/mol. The summed E-state index contributed by atoms with van der Waals surface area (Å²) in [5.74, 6) is 2.80. The number of rotatable bonds is 2. The van der Waals surface area contributed by atoms with Crippen LogP contribution in [0.4, 0.5) is 0 Å². The highest BCUT2D eigenvalue weighted by atomic mass is 16.6. The van der Waals surface area contributed by atoms with E-state index in [1.807, 2.05) is 6.07 Å². The third kappa shape index (κ3) is 2.18. The summed E-state index contributed by atoms with van der Waals surface area (Å²) < 4.78 is 11.2. The van der Waals surface area contributed by atoms with Crippen LogP contribution < -0.4 is 20.5 Å². The Morgan fingerprint density at radius 2 is 2.06 bits per heavy atom. The molecule has 0 amide bonds. The van der Waals surface area contributed by atoms with E-state index in [-0.39, 0.29) is 0 Å². The molecule has 2 aliphatic heterocycles. The Hall–Kier alpha value is -1.26. The predicted molar refractivity (Wildman–Crippen MR) is 70.2 cm³/mol. The number of nitrogens with two attached hydrogens (primary N) is 1. The van der Waals surface area contributed by atoms with Crippen LogP contribution in [0.1, 0.15) is 17.9 Å². The van der Waals surface area contributed by atoms with Gasteiger partial charge in [-0.3, -0.25) is 0 Å². The molecule has 2 aliphatic rings. The van der Waals surface area contributed by atoms with E-state index in [1.165, 1.54) is 5.56 Å². The maximum Gasteiger partial charge on any atom is 0.161 e. The van der Waals surface area contributed by atoms with Gasteiger partial charge in [-0.2, -0.15) is 0 Å². The molecule has 0 aliphatic carbocycles. The molecule has 2 heterocycles. The van der Waals surface area contributed by atoms with Gasteiger partial charge in [0.1, 0.15) is 13.2 Å². The monoisotopic (exact) mass is 248 g/mol. The maximum atomic E-state index is 5.87. The summed E-state index contributed by atoms with van der Waals surface area (Å²) in [5, 5.41) is 3.41. The summed E-state index contributed by atoms with van der Waals surface area (Å²) in [6.45, 7) is 4.09. The average Bonchev–Trinajstić information content (AvgIpc) is 2.46. The second-order valence-corrected chi connectivity index (χ2v) is 5.00. The number of piperidine rings is 1. The highest BCUT2D eigenvalue weighted by Gasteiger charge is 2.26. The van der Waals surface area contributed by atoms with Crippen LogP contribution in [0.5, 0.6) is 11.5 Å². The normalized spacial score (nSPS) is 26.9. The van der Waals surface area contributed by atoms with E-state index < -0.39 is 0 Å². The van der Waals surface area contributed by atoms with Crippen molar-refractivity contribution in [3.63, 3.8) is 0 Å². The van der Waals surface area contributed by atoms with Crippen molar-refractivity contribution in [2.45, 2.75) is 12.3 Å². The first-order valence-electron chi connectivity index (χ1n) is 6.69. The van der Waals surface area contributed by atoms with Crippen molar-refractivity contribution in [3.8, 4) is 11.5 Å². The zero-order valence-electron chi connectivity index (χ0n) is 10.5. The van der Waals surface area contributed by atoms with Crippen molar-refractivity contribution in [1.29, 1.82) is 0 Å². The first-order chi connectivity index (χ1) is 8.88. The minimum absolute atomic E-state index is 0.515. The van der Waals surface area contributed by atoms with Crippen molar-refractivity contribution in [1.82, 2.24) is 5.32 Å².